The van der Waals surface area contributed by atoms with E-state index >= 15 is 0 Å². The largest absolute Gasteiger partial charge is 0.399 e. The summed E-state index contributed by atoms with van der Waals surface area (Å²) in [5.41, 5.74) is 13.2. The average molecular weight is 298 g/mol. The molecule has 21 heavy (non-hydrogen) atoms. The number of anilines is 2. The van der Waals surface area contributed by atoms with Crippen LogP contribution in [0.25, 0.3) is 0 Å². The number of aryl methyl sites for hydroxylation is 1. The molecule has 4 N–H and O–H groups in total. The summed E-state index contributed by atoms with van der Waals surface area (Å²) < 4.78 is 0. The van der Waals surface area contributed by atoms with Gasteiger partial charge in [0.05, 0.1) is 5.71 Å². The van der Waals surface area contributed by atoms with Crippen molar-refractivity contribution in [2.24, 2.45) is 5.10 Å². The molecule has 2 aromatic carbocycles. The molecule has 0 aliphatic heterocycles. The number of hydrazone groups is 1. The Morgan fingerprint density at radius 1 is 1.05 bits per heavy atom. The fourth-order valence-electron chi connectivity index (χ4n) is 1.72. The van der Waals surface area contributed by atoms with Crippen LogP contribution in [0.3, 0.4) is 0 Å². The molecule has 5 heteroatoms. The lowest BCUT2D eigenvalue weighted by Gasteiger charge is -2.08. The molecular formula is C16H18N4S. The van der Waals surface area contributed by atoms with E-state index in [0.717, 1.165) is 22.6 Å². The van der Waals surface area contributed by atoms with Gasteiger partial charge in [-0.05, 0) is 55.9 Å². The van der Waals surface area contributed by atoms with Crippen LogP contribution in [0.15, 0.2) is 53.6 Å². The first kappa shape index (κ1) is 15.0. The van der Waals surface area contributed by atoms with E-state index in [-0.39, 0.29) is 0 Å². The number of nitrogen functional groups attached to an aromatic ring is 1. The van der Waals surface area contributed by atoms with Crippen LogP contribution in [0.2, 0.25) is 0 Å². The van der Waals surface area contributed by atoms with Crippen LogP contribution in [0.1, 0.15) is 18.1 Å². The van der Waals surface area contributed by atoms with E-state index in [9.17, 15) is 0 Å². The number of nitrogens with zero attached hydrogens (tertiary/aromatic N) is 1. The minimum absolute atomic E-state index is 0.452. The molecule has 0 aliphatic carbocycles. The van der Waals surface area contributed by atoms with Crippen LogP contribution in [0.5, 0.6) is 0 Å². The highest BCUT2D eigenvalue weighted by molar-refractivity contribution is 7.80. The van der Waals surface area contributed by atoms with Gasteiger partial charge in [-0.25, -0.2) is 0 Å². The van der Waals surface area contributed by atoms with Gasteiger partial charge in [0.25, 0.3) is 0 Å². The molecule has 0 aliphatic rings. The van der Waals surface area contributed by atoms with Gasteiger partial charge in [0, 0.05) is 11.4 Å². The Balaban J connectivity index is 1.94. The monoisotopic (exact) mass is 298 g/mol. The van der Waals surface area contributed by atoms with Crippen molar-refractivity contribution in [2.45, 2.75) is 13.8 Å². The van der Waals surface area contributed by atoms with Gasteiger partial charge in [0.15, 0.2) is 5.11 Å². The highest BCUT2D eigenvalue weighted by Crippen LogP contribution is 2.09. The van der Waals surface area contributed by atoms with E-state index in [1.54, 1.807) is 0 Å². The second kappa shape index (κ2) is 6.85. The highest BCUT2D eigenvalue weighted by atomic mass is 32.1. The van der Waals surface area contributed by atoms with Gasteiger partial charge in [0.2, 0.25) is 0 Å². The normalized spacial score (nSPS) is 11.0. The Morgan fingerprint density at radius 3 is 2.29 bits per heavy atom. The SMILES string of the molecule is C/C(=N/NC(=S)Nc1ccc(C)cc1)c1ccc(N)cc1. The highest BCUT2D eigenvalue weighted by Gasteiger charge is 1.99. The molecule has 0 unspecified atom stereocenters. The Bertz CT molecular complexity index is 645. The molecule has 108 valence electrons. The molecule has 0 heterocycles. The number of nitrogens with two attached hydrogens (primary N) is 1. The van der Waals surface area contributed by atoms with Gasteiger partial charge >= 0.3 is 0 Å². The van der Waals surface area contributed by atoms with E-state index in [1.165, 1.54) is 5.56 Å². The Hall–Kier alpha value is -2.40. The smallest absolute Gasteiger partial charge is 0.191 e. The summed E-state index contributed by atoms with van der Waals surface area (Å²) >= 11 is 5.21. The van der Waals surface area contributed by atoms with Crippen molar-refractivity contribution in [3.63, 3.8) is 0 Å². The predicted molar refractivity (Wildman–Crippen MR) is 93.6 cm³/mol. The molecule has 0 aromatic heterocycles. The third-order valence-electron chi connectivity index (χ3n) is 2.96. The van der Waals surface area contributed by atoms with E-state index in [4.69, 9.17) is 18.0 Å². The molecule has 0 atom stereocenters. The Kier molecular flexibility index (Phi) is 4.90. The average Bonchev–Trinajstić information content (AvgIpc) is 2.48. The topological polar surface area (TPSA) is 62.4 Å². The molecular weight excluding hydrogens is 280 g/mol. The van der Waals surface area contributed by atoms with Gasteiger partial charge < -0.3 is 11.1 Å². The molecule has 4 nitrogen and oxygen atoms in total. The first-order valence-corrected chi connectivity index (χ1v) is 6.99. The molecule has 0 radical (unpaired) electrons. The molecule has 0 spiro atoms. The van der Waals surface area contributed by atoms with Gasteiger partial charge in [0.1, 0.15) is 0 Å². The molecule has 0 amide bonds. The van der Waals surface area contributed by atoms with Gasteiger partial charge in [-0.3, -0.25) is 5.43 Å². The zero-order valence-corrected chi connectivity index (χ0v) is 12.9. The van der Waals surface area contributed by atoms with Crippen molar-refractivity contribution in [2.75, 3.05) is 11.1 Å². The minimum atomic E-state index is 0.452. The summed E-state index contributed by atoms with van der Waals surface area (Å²) in [6.07, 6.45) is 0. The van der Waals surface area contributed by atoms with E-state index in [0.29, 0.717) is 5.11 Å². The van der Waals surface area contributed by atoms with Crippen molar-refractivity contribution in [1.82, 2.24) is 5.43 Å². The van der Waals surface area contributed by atoms with Crippen LogP contribution in [0.4, 0.5) is 11.4 Å². The summed E-state index contributed by atoms with van der Waals surface area (Å²) in [4.78, 5) is 0. The van der Waals surface area contributed by atoms with Gasteiger partial charge in [-0.2, -0.15) is 5.10 Å². The summed E-state index contributed by atoms with van der Waals surface area (Å²) in [6, 6.07) is 15.5. The maximum Gasteiger partial charge on any atom is 0.191 e. The summed E-state index contributed by atoms with van der Waals surface area (Å²) in [5.74, 6) is 0. The third-order valence-corrected chi connectivity index (χ3v) is 3.16. The zero-order chi connectivity index (χ0) is 15.2. The number of hydrogen-bond acceptors (Lipinski definition) is 3. The first-order chi connectivity index (χ1) is 10.0. The lowest BCUT2D eigenvalue weighted by molar-refractivity contribution is 1.04. The Morgan fingerprint density at radius 2 is 1.67 bits per heavy atom. The van der Waals surface area contributed by atoms with Crippen LogP contribution in [-0.2, 0) is 0 Å². The molecule has 2 rings (SSSR count). The van der Waals surface area contributed by atoms with E-state index in [2.05, 4.69) is 15.8 Å². The van der Waals surface area contributed by atoms with Gasteiger partial charge in [-0.1, -0.05) is 29.8 Å². The van der Waals surface area contributed by atoms with Crippen molar-refractivity contribution < 1.29 is 0 Å². The van der Waals surface area contributed by atoms with E-state index in [1.807, 2.05) is 62.4 Å². The standard InChI is InChI=1S/C16H18N4S/c1-11-3-9-15(10-4-11)18-16(21)20-19-12(2)13-5-7-14(17)8-6-13/h3-10H,17H2,1-2H3,(H2,18,20,21)/b19-12-. The second-order valence-electron chi connectivity index (χ2n) is 4.75. The maximum absolute atomic E-state index is 5.66. The maximum atomic E-state index is 5.66. The van der Waals surface area contributed by atoms with Crippen molar-refractivity contribution in [3.05, 3.63) is 59.7 Å². The summed E-state index contributed by atoms with van der Waals surface area (Å²) in [5, 5.41) is 7.79. The summed E-state index contributed by atoms with van der Waals surface area (Å²) in [6.45, 7) is 3.95. The quantitative estimate of drug-likeness (QED) is 0.352. The number of hydrogen-bond donors (Lipinski definition) is 3. The number of rotatable bonds is 3. The number of benzene rings is 2. The summed E-state index contributed by atoms with van der Waals surface area (Å²) in [7, 11) is 0. The van der Waals surface area contributed by atoms with Crippen molar-refractivity contribution in [1.29, 1.82) is 0 Å². The van der Waals surface area contributed by atoms with Crippen LogP contribution < -0.4 is 16.5 Å². The molecule has 0 saturated heterocycles. The molecule has 2 aromatic rings. The second-order valence-corrected chi connectivity index (χ2v) is 5.16. The van der Waals surface area contributed by atoms with Crippen molar-refractivity contribution >= 4 is 34.4 Å². The lowest BCUT2D eigenvalue weighted by Crippen LogP contribution is -2.24. The third kappa shape index (κ3) is 4.57. The fraction of sp³-hybridized carbons (Fsp3) is 0.125. The molecule has 0 bridgehead atoms. The lowest BCUT2D eigenvalue weighted by atomic mass is 10.1. The molecule has 0 fully saturated rings. The zero-order valence-electron chi connectivity index (χ0n) is 12.1. The van der Waals surface area contributed by atoms with Crippen LogP contribution in [-0.4, -0.2) is 10.8 Å². The number of thiocarbonyl (C=S) groups is 1. The van der Waals surface area contributed by atoms with Gasteiger partial charge in [-0.15, -0.1) is 0 Å². The predicted octanol–water partition coefficient (Wildman–Crippen LogP) is 3.29. The van der Waals surface area contributed by atoms with E-state index < -0.39 is 0 Å². The van der Waals surface area contributed by atoms with Crippen LogP contribution in [0, 0.1) is 6.92 Å². The fourth-order valence-corrected chi connectivity index (χ4v) is 1.88. The number of nitrogens with one attached hydrogen (secondary N) is 2. The minimum Gasteiger partial charge on any atom is -0.399 e. The van der Waals surface area contributed by atoms with Crippen molar-refractivity contribution in [3.8, 4) is 0 Å². The van der Waals surface area contributed by atoms with Crippen LogP contribution >= 0.6 is 12.2 Å². The molecule has 0 saturated carbocycles. The Labute approximate surface area is 130 Å². The first-order valence-electron chi connectivity index (χ1n) is 6.58.